The second-order valence-corrected chi connectivity index (χ2v) is 9.02. The van der Waals surface area contributed by atoms with Crippen molar-refractivity contribution in [1.29, 1.82) is 0 Å². The van der Waals surface area contributed by atoms with Gasteiger partial charge in [0.05, 0.1) is 13.2 Å². The molecule has 2 aliphatic rings. The van der Waals surface area contributed by atoms with Gasteiger partial charge in [-0.25, -0.2) is 0 Å². The maximum atomic E-state index is 12.4. The van der Waals surface area contributed by atoms with Gasteiger partial charge in [0, 0.05) is 17.8 Å². The first-order chi connectivity index (χ1) is 12.2. The number of unbranched alkanes of at least 4 members (excludes halogenated alkanes) is 2. The molecule has 0 saturated heterocycles. The summed E-state index contributed by atoms with van der Waals surface area (Å²) in [5, 5.41) is 31.2. The highest BCUT2D eigenvalue weighted by molar-refractivity contribution is 5.69. The van der Waals surface area contributed by atoms with Crippen LogP contribution < -0.4 is 0 Å². The third-order valence-electron chi connectivity index (χ3n) is 6.87. The quantitative estimate of drug-likeness (QED) is 0.365. The van der Waals surface area contributed by atoms with Gasteiger partial charge in [-0.3, -0.25) is 4.79 Å². The van der Waals surface area contributed by atoms with Crippen LogP contribution in [0.3, 0.4) is 0 Å². The summed E-state index contributed by atoms with van der Waals surface area (Å²) in [4.78, 5) is 12.4. The van der Waals surface area contributed by atoms with E-state index in [4.69, 9.17) is 4.74 Å². The van der Waals surface area contributed by atoms with Crippen LogP contribution >= 0.6 is 0 Å². The highest BCUT2D eigenvalue weighted by Crippen LogP contribution is 2.61. The van der Waals surface area contributed by atoms with E-state index in [-0.39, 0.29) is 23.9 Å². The molecular weight excluding hydrogens is 332 g/mol. The first kappa shape index (κ1) is 21.4. The molecule has 1 saturated carbocycles. The van der Waals surface area contributed by atoms with Crippen molar-refractivity contribution in [3.05, 3.63) is 11.6 Å². The standard InChI is InChI=1S/C21H36O5/c1-5-6-7-9-17(24)26-16-12-15(13-22)21(25,14-23)20(4)11-8-10-19(2,3)18(16)20/h12,16,18,22-23,25H,5-11,13-14H2,1-4H3. The number of esters is 1. The van der Waals surface area contributed by atoms with Crippen LogP contribution in [0.4, 0.5) is 0 Å². The fourth-order valence-corrected chi connectivity index (χ4v) is 5.45. The number of hydrogen-bond acceptors (Lipinski definition) is 5. The minimum atomic E-state index is -1.49. The first-order valence-corrected chi connectivity index (χ1v) is 10.0. The largest absolute Gasteiger partial charge is 0.458 e. The number of aliphatic hydroxyl groups excluding tert-OH is 2. The lowest BCUT2D eigenvalue weighted by Gasteiger charge is -2.61. The van der Waals surface area contributed by atoms with Crippen molar-refractivity contribution in [1.82, 2.24) is 0 Å². The van der Waals surface area contributed by atoms with Gasteiger partial charge in [0.2, 0.25) is 0 Å². The Morgan fingerprint density at radius 3 is 2.50 bits per heavy atom. The molecule has 4 unspecified atom stereocenters. The number of fused-ring (bicyclic) bond motifs is 1. The zero-order chi connectivity index (χ0) is 19.6. The molecule has 0 spiro atoms. The molecule has 0 heterocycles. The number of carbonyl (C=O) groups excluding carboxylic acids is 1. The monoisotopic (exact) mass is 368 g/mol. The van der Waals surface area contributed by atoms with Gasteiger partial charge < -0.3 is 20.1 Å². The summed E-state index contributed by atoms with van der Waals surface area (Å²) in [6, 6.07) is 0. The van der Waals surface area contributed by atoms with Crippen LogP contribution in [0.2, 0.25) is 0 Å². The summed E-state index contributed by atoms with van der Waals surface area (Å²) in [6.07, 6.45) is 7.06. The van der Waals surface area contributed by atoms with Crippen molar-refractivity contribution in [3.8, 4) is 0 Å². The SMILES string of the molecule is CCCCCC(=O)OC1C=C(CO)C(O)(CO)C2(C)CCCC(C)(C)C12. The highest BCUT2D eigenvalue weighted by atomic mass is 16.5. The first-order valence-electron chi connectivity index (χ1n) is 10.0. The molecule has 150 valence electrons. The van der Waals surface area contributed by atoms with Gasteiger partial charge in [0.25, 0.3) is 0 Å². The van der Waals surface area contributed by atoms with E-state index in [1.165, 1.54) is 0 Å². The second kappa shape index (κ2) is 7.99. The number of rotatable bonds is 7. The molecule has 0 aliphatic heterocycles. The van der Waals surface area contributed by atoms with E-state index in [9.17, 15) is 20.1 Å². The van der Waals surface area contributed by atoms with Crippen molar-refractivity contribution in [3.63, 3.8) is 0 Å². The van der Waals surface area contributed by atoms with Crippen LogP contribution in [0.15, 0.2) is 11.6 Å². The lowest BCUT2D eigenvalue weighted by Crippen LogP contribution is -2.65. The summed E-state index contributed by atoms with van der Waals surface area (Å²) < 4.78 is 5.86. The van der Waals surface area contributed by atoms with E-state index in [1.54, 1.807) is 6.08 Å². The van der Waals surface area contributed by atoms with Gasteiger partial charge in [-0.2, -0.15) is 0 Å². The summed E-state index contributed by atoms with van der Waals surface area (Å²) in [6.45, 7) is 7.54. The lowest BCUT2D eigenvalue weighted by atomic mass is 9.46. The average molecular weight is 369 g/mol. The van der Waals surface area contributed by atoms with E-state index >= 15 is 0 Å². The summed E-state index contributed by atoms with van der Waals surface area (Å²) >= 11 is 0. The summed E-state index contributed by atoms with van der Waals surface area (Å²) in [5.41, 5.74) is -1.94. The fraction of sp³-hybridized carbons (Fsp3) is 0.857. The molecule has 0 aromatic carbocycles. The van der Waals surface area contributed by atoms with Gasteiger partial charge in [-0.1, -0.05) is 47.0 Å². The minimum Gasteiger partial charge on any atom is -0.458 e. The number of carbonyl (C=O) groups is 1. The molecular formula is C21H36O5. The number of ether oxygens (including phenoxy) is 1. The van der Waals surface area contributed by atoms with E-state index in [2.05, 4.69) is 20.8 Å². The molecule has 3 N–H and O–H groups in total. The molecule has 2 rings (SSSR count). The van der Waals surface area contributed by atoms with Crippen LogP contribution in [-0.2, 0) is 9.53 Å². The van der Waals surface area contributed by atoms with Crippen molar-refractivity contribution in [2.75, 3.05) is 13.2 Å². The van der Waals surface area contributed by atoms with Gasteiger partial charge in [0.1, 0.15) is 11.7 Å². The molecule has 0 bridgehead atoms. The van der Waals surface area contributed by atoms with Gasteiger partial charge in [-0.05, 0) is 36.3 Å². The Labute approximate surface area is 157 Å². The topological polar surface area (TPSA) is 87.0 Å². The van der Waals surface area contributed by atoms with Crippen molar-refractivity contribution < 1.29 is 24.9 Å². The third-order valence-corrected chi connectivity index (χ3v) is 6.87. The Morgan fingerprint density at radius 1 is 1.23 bits per heavy atom. The lowest BCUT2D eigenvalue weighted by molar-refractivity contribution is -0.200. The Kier molecular flexibility index (Phi) is 6.57. The maximum Gasteiger partial charge on any atom is 0.306 e. The van der Waals surface area contributed by atoms with Crippen LogP contribution in [0.5, 0.6) is 0 Å². The molecule has 0 radical (unpaired) electrons. The molecule has 1 fully saturated rings. The smallest absolute Gasteiger partial charge is 0.306 e. The van der Waals surface area contributed by atoms with E-state index in [0.29, 0.717) is 12.0 Å². The molecule has 5 nitrogen and oxygen atoms in total. The third kappa shape index (κ3) is 3.58. The normalized spacial score (nSPS) is 36.2. The van der Waals surface area contributed by atoms with Crippen LogP contribution in [-0.4, -0.2) is 46.2 Å². The Bertz CT molecular complexity index is 541. The average Bonchev–Trinajstić information content (AvgIpc) is 2.57. The summed E-state index contributed by atoms with van der Waals surface area (Å²) in [7, 11) is 0. The van der Waals surface area contributed by atoms with E-state index in [0.717, 1.165) is 38.5 Å². The number of aliphatic hydroxyl groups is 3. The Balaban J connectivity index is 2.39. The molecule has 0 aromatic rings. The van der Waals surface area contributed by atoms with Crippen molar-refractivity contribution >= 4 is 5.97 Å². The minimum absolute atomic E-state index is 0.119. The van der Waals surface area contributed by atoms with E-state index in [1.807, 2.05) is 6.92 Å². The van der Waals surface area contributed by atoms with Gasteiger partial charge in [-0.15, -0.1) is 0 Å². The van der Waals surface area contributed by atoms with Crippen molar-refractivity contribution in [2.45, 2.75) is 84.3 Å². The van der Waals surface area contributed by atoms with Crippen molar-refractivity contribution in [2.24, 2.45) is 16.7 Å². The van der Waals surface area contributed by atoms with Gasteiger partial charge in [0.15, 0.2) is 0 Å². The fourth-order valence-electron chi connectivity index (χ4n) is 5.45. The molecule has 5 heteroatoms. The molecule has 2 aliphatic carbocycles. The Hall–Kier alpha value is -0.910. The predicted octanol–water partition coefficient (Wildman–Crippen LogP) is 2.97. The molecule has 4 atom stereocenters. The van der Waals surface area contributed by atoms with Gasteiger partial charge >= 0.3 is 5.97 Å². The Morgan fingerprint density at radius 2 is 1.92 bits per heavy atom. The highest BCUT2D eigenvalue weighted by Gasteiger charge is 2.63. The predicted molar refractivity (Wildman–Crippen MR) is 100 cm³/mol. The molecule has 0 amide bonds. The number of hydrogen-bond donors (Lipinski definition) is 3. The zero-order valence-corrected chi connectivity index (χ0v) is 16.8. The second-order valence-electron chi connectivity index (χ2n) is 9.02. The van der Waals surface area contributed by atoms with Crippen LogP contribution in [0, 0.1) is 16.7 Å². The molecule has 26 heavy (non-hydrogen) atoms. The van der Waals surface area contributed by atoms with Crippen LogP contribution in [0.25, 0.3) is 0 Å². The zero-order valence-electron chi connectivity index (χ0n) is 16.8. The molecule has 0 aromatic heterocycles. The van der Waals surface area contributed by atoms with E-state index < -0.39 is 23.7 Å². The summed E-state index contributed by atoms with van der Waals surface area (Å²) in [5.74, 6) is -0.346. The van der Waals surface area contributed by atoms with Crippen LogP contribution in [0.1, 0.15) is 72.6 Å². The maximum absolute atomic E-state index is 12.4.